The third-order valence-electron chi connectivity index (χ3n) is 4.72. The molecule has 8 nitrogen and oxygen atoms in total. The van der Waals surface area contributed by atoms with Crippen LogP contribution in [0.25, 0.3) is 27.7 Å². The van der Waals surface area contributed by atoms with Crippen LogP contribution in [0.3, 0.4) is 0 Å². The summed E-state index contributed by atoms with van der Waals surface area (Å²) in [6, 6.07) is 10.2. The van der Waals surface area contributed by atoms with E-state index in [0.717, 1.165) is 16.5 Å². The number of pyridine rings is 3. The fourth-order valence-electron chi connectivity index (χ4n) is 3.34. The Morgan fingerprint density at radius 2 is 2.10 bits per heavy atom. The fourth-order valence-corrected chi connectivity index (χ4v) is 3.34. The molecule has 0 aromatic carbocycles. The first-order valence-electron chi connectivity index (χ1n) is 9.20. The van der Waals surface area contributed by atoms with E-state index in [-0.39, 0.29) is 11.8 Å². The lowest BCUT2D eigenvalue weighted by Crippen LogP contribution is -2.11. The Hall–Kier alpha value is -4.34. The lowest BCUT2D eigenvalue weighted by atomic mass is 10.1. The number of anilines is 1. The first-order chi connectivity index (χ1) is 15.1. The van der Waals surface area contributed by atoms with Crippen molar-refractivity contribution in [2.24, 2.45) is 0 Å². The van der Waals surface area contributed by atoms with Crippen molar-refractivity contribution in [1.82, 2.24) is 24.6 Å². The number of aromatic amines is 1. The highest BCUT2D eigenvalue weighted by Crippen LogP contribution is 2.30. The van der Waals surface area contributed by atoms with Crippen molar-refractivity contribution in [3.8, 4) is 17.0 Å². The molecule has 0 saturated carbocycles. The van der Waals surface area contributed by atoms with Crippen molar-refractivity contribution < 1.29 is 18.3 Å². The molecule has 0 atom stereocenters. The van der Waals surface area contributed by atoms with Gasteiger partial charge in [-0.15, -0.1) is 0 Å². The summed E-state index contributed by atoms with van der Waals surface area (Å²) in [5.74, 6) is -0.481. The number of hydrogen-bond donors (Lipinski definition) is 2. The summed E-state index contributed by atoms with van der Waals surface area (Å²) in [6.07, 6.45) is 8.14. The standard InChI is InChI=1S/C21H14F2N6O2/c22-21(23)31-18-4-3-14-15(10-25-19(14)28-18)12-5-7-29-17(8-12)16(11-26-29)20(30)27-13-2-1-6-24-9-13/h1-11,21H,(H,25,28)(H,27,30). The van der Waals surface area contributed by atoms with E-state index >= 15 is 0 Å². The number of alkyl halides is 2. The minimum absolute atomic E-state index is 0.170. The molecule has 31 heavy (non-hydrogen) atoms. The molecule has 0 bridgehead atoms. The number of nitrogens with zero attached hydrogens (tertiary/aromatic N) is 4. The lowest BCUT2D eigenvalue weighted by Gasteiger charge is -2.05. The van der Waals surface area contributed by atoms with Crippen LogP contribution in [0, 0.1) is 0 Å². The van der Waals surface area contributed by atoms with Gasteiger partial charge in [0.2, 0.25) is 5.88 Å². The molecule has 1 amide bonds. The summed E-state index contributed by atoms with van der Waals surface area (Å²) in [7, 11) is 0. The van der Waals surface area contributed by atoms with E-state index in [2.05, 4.69) is 30.1 Å². The third-order valence-corrected chi connectivity index (χ3v) is 4.72. The van der Waals surface area contributed by atoms with Crippen LogP contribution in [0.1, 0.15) is 10.4 Å². The minimum atomic E-state index is -2.94. The molecule has 154 valence electrons. The molecular formula is C21H14F2N6O2. The molecule has 5 rings (SSSR count). The summed E-state index contributed by atoms with van der Waals surface area (Å²) >= 11 is 0. The van der Waals surface area contributed by atoms with Crippen molar-refractivity contribution in [1.29, 1.82) is 0 Å². The van der Waals surface area contributed by atoms with Crippen molar-refractivity contribution in [3.05, 3.63) is 72.9 Å². The summed E-state index contributed by atoms with van der Waals surface area (Å²) in [5.41, 5.74) is 3.60. The quantitative estimate of drug-likeness (QED) is 0.446. The van der Waals surface area contributed by atoms with Gasteiger partial charge in [0.1, 0.15) is 5.65 Å². The second-order valence-corrected chi connectivity index (χ2v) is 6.63. The lowest BCUT2D eigenvalue weighted by molar-refractivity contribution is -0.0526. The molecule has 0 spiro atoms. The number of nitrogens with one attached hydrogen (secondary N) is 2. The SMILES string of the molecule is O=C(Nc1cccnc1)c1cnn2ccc(-c3c[nH]c4nc(OC(F)F)ccc34)cc12. The van der Waals surface area contributed by atoms with Gasteiger partial charge >= 0.3 is 6.61 Å². The van der Waals surface area contributed by atoms with Gasteiger partial charge < -0.3 is 15.0 Å². The van der Waals surface area contributed by atoms with E-state index in [4.69, 9.17) is 0 Å². The van der Waals surface area contributed by atoms with Gasteiger partial charge in [0.05, 0.1) is 29.2 Å². The Bertz CT molecular complexity index is 1400. The number of H-pyrrole nitrogens is 1. The summed E-state index contributed by atoms with van der Waals surface area (Å²) in [4.78, 5) is 23.8. The van der Waals surface area contributed by atoms with Crippen LogP contribution in [0.4, 0.5) is 14.5 Å². The fraction of sp³-hybridized carbons (Fsp3) is 0.0476. The van der Waals surface area contributed by atoms with Crippen LogP contribution >= 0.6 is 0 Å². The molecule has 10 heteroatoms. The zero-order valence-electron chi connectivity index (χ0n) is 15.8. The number of halogens is 2. The Balaban J connectivity index is 1.51. The number of rotatable bonds is 5. The topological polar surface area (TPSA) is 97.2 Å². The van der Waals surface area contributed by atoms with Gasteiger partial charge in [-0.1, -0.05) is 0 Å². The number of fused-ring (bicyclic) bond motifs is 2. The number of hydrogen-bond acceptors (Lipinski definition) is 5. The molecule has 0 aliphatic heterocycles. The average Bonchev–Trinajstić information content (AvgIpc) is 3.37. The highest BCUT2D eigenvalue weighted by atomic mass is 19.3. The zero-order valence-corrected chi connectivity index (χ0v) is 15.8. The van der Waals surface area contributed by atoms with E-state index in [1.54, 1.807) is 47.5 Å². The molecular weight excluding hydrogens is 406 g/mol. The van der Waals surface area contributed by atoms with Crippen molar-refractivity contribution in [2.45, 2.75) is 6.61 Å². The molecule has 0 radical (unpaired) electrons. The molecule has 0 fully saturated rings. The molecule has 0 unspecified atom stereocenters. The van der Waals surface area contributed by atoms with Crippen molar-refractivity contribution in [3.63, 3.8) is 0 Å². The second kappa shape index (κ2) is 7.48. The molecule has 0 saturated heterocycles. The van der Waals surface area contributed by atoms with Crippen molar-refractivity contribution >= 4 is 28.1 Å². The maximum Gasteiger partial charge on any atom is 0.388 e. The normalized spacial score (nSPS) is 11.3. The number of amides is 1. The van der Waals surface area contributed by atoms with Gasteiger partial charge in [-0.2, -0.15) is 18.9 Å². The van der Waals surface area contributed by atoms with E-state index < -0.39 is 6.61 Å². The van der Waals surface area contributed by atoms with Crippen molar-refractivity contribution in [2.75, 3.05) is 5.32 Å². The van der Waals surface area contributed by atoms with Crippen LogP contribution in [0.15, 0.2) is 67.4 Å². The number of carbonyl (C=O) groups excluding carboxylic acids is 1. The first kappa shape index (κ1) is 18.7. The monoisotopic (exact) mass is 420 g/mol. The van der Waals surface area contributed by atoms with Crippen LogP contribution < -0.4 is 10.1 Å². The Kier molecular flexibility index (Phi) is 4.51. The van der Waals surface area contributed by atoms with Crippen LogP contribution in [0.2, 0.25) is 0 Å². The molecule has 5 aromatic rings. The highest BCUT2D eigenvalue weighted by Gasteiger charge is 2.16. The van der Waals surface area contributed by atoms with Crippen LogP contribution in [0.5, 0.6) is 5.88 Å². The molecule has 0 aliphatic rings. The van der Waals surface area contributed by atoms with Crippen LogP contribution in [-0.2, 0) is 0 Å². The predicted octanol–water partition coefficient (Wildman–Crippen LogP) is 4.13. The summed E-state index contributed by atoms with van der Waals surface area (Å²) < 4.78 is 30.8. The van der Waals surface area contributed by atoms with Gasteiger partial charge in [0.25, 0.3) is 5.91 Å². The van der Waals surface area contributed by atoms with E-state index in [0.29, 0.717) is 22.4 Å². The van der Waals surface area contributed by atoms with Crippen LogP contribution in [-0.4, -0.2) is 37.1 Å². The van der Waals surface area contributed by atoms with Gasteiger partial charge in [-0.3, -0.25) is 9.78 Å². The zero-order chi connectivity index (χ0) is 21.4. The number of aromatic nitrogens is 5. The van der Waals surface area contributed by atoms with Gasteiger partial charge in [-0.25, -0.2) is 4.52 Å². The molecule has 5 aromatic heterocycles. The Labute approximate surface area is 173 Å². The average molecular weight is 420 g/mol. The van der Waals surface area contributed by atoms with E-state index in [1.165, 1.54) is 12.3 Å². The Morgan fingerprint density at radius 3 is 2.90 bits per heavy atom. The maximum atomic E-state index is 12.7. The predicted molar refractivity (Wildman–Crippen MR) is 109 cm³/mol. The second-order valence-electron chi connectivity index (χ2n) is 6.63. The van der Waals surface area contributed by atoms with E-state index in [9.17, 15) is 13.6 Å². The summed E-state index contributed by atoms with van der Waals surface area (Å²) in [5, 5.41) is 7.76. The highest BCUT2D eigenvalue weighted by molar-refractivity contribution is 6.09. The summed E-state index contributed by atoms with van der Waals surface area (Å²) in [6.45, 7) is -2.94. The first-order valence-corrected chi connectivity index (χ1v) is 9.20. The van der Waals surface area contributed by atoms with Gasteiger partial charge in [-0.05, 0) is 35.9 Å². The van der Waals surface area contributed by atoms with E-state index in [1.807, 2.05) is 12.1 Å². The number of carbonyl (C=O) groups is 1. The minimum Gasteiger partial charge on any atom is -0.417 e. The molecule has 5 heterocycles. The largest absolute Gasteiger partial charge is 0.417 e. The molecule has 2 N–H and O–H groups in total. The smallest absolute Gasteiger partial charge is 0.388 e. The van der Waals surface area contributed by atoms with Gasteiger partial charge in [0, 0.05) is 35.6 Å². The maximum absolute atomic E-state index is 12.7. The number of ether oxygens (including phenoxy) is 1. The molecule has 0 aliphatic carbocycles. The van der Waals surface area contributed by atoms with Gasteiger partial charge in [0.15, 0.2) is 0 Å². The Morgan fingerprint density at radius 1 is 1.19 bits per heavy atom. The third kappa shape index (κ3) is 3.54.